The summed E-state index contributed by atoms with van der Waals surface area (Å²) in [5, 5.41) is 3.08. The van der Waals surface area contributed by atoms with Gasteiger partial charge in [-0.2, -0.15) is 0 Å². The van der Waals surface area contributed by atoms with Crippen molar-refractivity contribution in [1.29, 1.82) is 0 Å². The predicted octanol–water partition coefficient (Wildman–Crippen LogP) is 2.02. The van der Waals surface area contributed by atoms with E-state index in [9.17, 15) is 9.18 Å². The lowest BCUT2D eigenvalue weighted by Gasteiger charge is -2.01. The first-order valence-corrected chi connectivity index (χ1v) is 5.17. The van der Waals surface area contributed by atoms with Crippen molar-refractivity contribution >= 4 is 5.97 Å². The van der Waals surface area contributed by atoms with E-state index in [0.29, 0.717) is 6.42 Å². The van der Waals surface area contributed by atoms with E-state index >= 15 is 0 Å². The number of carbonyl (C=O) groups excluding carboxylic acids is 1. The molecular weight excluding hydrogens is 185 g/mol. The highest BCUT2D eigenvalue weighted by atomic mass is 19.1. The lowest BCUT2D eigenvalue weighted by atomic mass is 10.1. The van der Waals surface area contributed by atoms with Gasteiger partial charge in [0.2, 0.25) is 6.86 Å². The largest absolute Gasteiger partial charge is 0.434 e. The first kappa shape index (κ1) is 13.4. The first-order valence-electron chi connectivity index (χ1n) is 5.17. The zero-order chi connectivity index (χ0) is 10.6. The highest BCUT2D eigenvalue weighted by molar-refractivity contribution is 5.69. The Bertz CT molecular complexity index is 142. The fourth-order valence-corrected chi connectivity index (χ4v) is 1.23. The standard InChI is InChI=1S/C10H20FNO2/c1-12-8-6-4-2-3-5-7-10(13)14-9-11/h12H,2-9H2,1H3. The number of rotatable bonds is 9. The third-order valence-corrected chi connectivity index (χ3v) is 2.02. The molecule has 0 saturated carbocycles. The zero-order valence-electron chi connectivity index (χ0n) is 8.85. The summed E-state index contributed by atoms with van der Waals surface area (Å²) in [6, 6.07) is 0. The SMILES string of the molecule is CNCCCCCCCC(=O)OCF. The van der Waals surface area contributed by atoms with E-state index < -0.39 is 12.8 Å². The van der Waals surface area contributed by atoms with Crippen molar-refractivity contribution in [2.75, 3.05) is 20.5 Å². The molecule has 14 heavy (non-hydrogen) atoms. The average molecular weight is 205 g/mol. The molecule has 0 radical (unpaired) electrons. The Kier molecular flexibility index (Phi) is 9.96. The van der Waals surface area contributed by atoms with Crippen molar-refractivity contribution in [2.24, 2.45) is 0 Å². The number of esters is 1. The van der Waals surface area contributed by atoms with E-state index in [1.165, 1.54) is 12.8 Å². The third kappa shape index (κ3) is 9.45. The Morgan fingerprint density at radius 3 is 2.50 bits per heavy atom. The quantitative estimate of drug-likeness (QED) is 0.462. The van der Waals surface area contributed by atoms with Gasteiger partial charge in [-0.05, 0) is 26.4 Å². The number of carbonyl (C=O) groups is 1. The van der Waals surface area contributed by atoms with Gasteiger partial charge in [0.15, 0.2) is 0 Å². The zero-order valence-corrected chi connectivity index (χ0v) is 8.85. The average Bonchev–Trinajstić information content (AvgIpc) is 2.17. The molecule has 0 unspecified atom stereocenters. The molecule has 0 aliphatic rings. The highest BCUT2D eigenvalue weighted by Gasteiger charge is 2.00. The molecule has 0 spiro atoms. The van der Waals surface area contributed by atoms with Crippen molar-refractivity contribution < 1.29 is 13.9 Å². The number of alkyl halides is 1. The van der Waals surface area contributed by atoms with Gasteiger partial charge in [-0.1, -0.05) is 19.3 Å². The topological polar surface area (TPSA) is 38.3 Å². The van der Waals surface area contributed by atoms with Crippen molar-refractivity contribution in [3.8, 4) is 0 Å². The predicted molar refractivity (Wildman–Crippen MR) is 53.7 cm³/mol. The molecule has 0 fully saturated rings. The first-order chi connectivity index (χ1) is 6.81. The molecule has 0 aliphatic carbocycles. The molecule has 0 bridgehead atoms. The summed E-state index contributed by atoms with van der Waals surface area (Å²) in [6.07, 6.45) is 5.65. The number of ether oxygens (including phenoxy) is 1. The van der Waals surface area contributed by atoms with E-state index in [1.54, 1.807) is 0 Å². The van der Waals surface area contributed by atoms with Gasteiger partial charge >= 0.3 is 5.97 Å². The molecule has 0 amide bonds. The number of unbranched alkanes of at least 4 members (excludes halogenated alkanes) is 4. The molecule has 3 nitrogen and oxygen atoms in total. The monoisotopic (exact) mass is 205 g/mol. The summed E-state index contributed by atoms with van der Waals surface area (Å²) in [4.78, 5) is 10.7. The number of hydrogen-bond acceptors (Lipinski definition) is 3. The number of nitrogens with one attached hydrogen (secondary N) is 1. The van der Waals surface area contributed by atoms with E-state index in [0.717, 1.165) is 25.8 Å². The van der Waals surface area contributed by atoms with Crippen LogP contribution in [0.1, 0.15) is 38.5 Å². The van der Waals surface area contributed by atoms with Crippen LogP contribution < -0.4 is 5.32 Å². The van der Waals surface area contributed by atoms with Crippen LogP contribution >= 0.6 is 0 Å². The Morgan fingerprint density at radius 2 is 1.86 bits per heavy atom. The van der Waals surface area contributed by atoms with Gasteiger partial charge in [0.25, 0.3) is 0 Å². The minimum atomic E-state index is -0.999. The molecule has 0 rings (SSSR count). The molecule has 0 heterocycles. The summed E-state index contributed by atoms with van der Waals surface area (Å²) >= 11 is 0. The smallest absolute Gasteiger partial charge is 0.308 e. The minimum absolute atomic E-state index is 0.343. The molecule has 0 aliphatic heterocycles. The molecule has 0 aromatic rings. The maximum atomic E-state index is 11.5. The van der Waals surface area contributed by atoms with Crippen LogP contribution in [0.25, 0.3) is 0 Å². The normalized spacial score (nSPS) is 10.1. The van der Waals surface area contributed by atoms with Gasteiger partial charge in [0, 0.05) is 6.42 Å². The number of hydrogen-bond donors (Lipinski definition) is 1. The van der Waals surface area contributed by atoms with Crippen molar-refractivity contribution in [3.05, 3.63) is 0 Å². The van der Waals surface area contributed by atoms with E-state index in [4.69, 9.17) is 0 Å². The second kappa shape index (κ2) is 10.4. The summed E-state index contributed by atoms with van der Waals surface area (Å²) in [7, 11) is 1.94. The van der Waals surface area contributed by atoms with Gasteiger partial charge in [0.1, 0.15) is 0 Å². The van der Waals surface area contributed by atoms with Gasteiger partial charge in [-0.15, -0.1) is 0 Å². The Morgan fingerprint density at radius 1 is 1.21 bits per heavy atom. The molecule has 0 atom stereocenters. The van der Waals surface area contributed by atoms with Gasteiger partial charge in [-0.25, -0.2) is 4.39 Å². The molecule has 0 saturated heterocycles. The molecule has 1 N–H and O–H groups in total. The molecule has 84 valence electrons. The van der Waals surface area contributed by atoms with Crippen LogP contribution in [0.4, 0.5) is 4.39 Å². The van der Waals surface area contributed by atoms with E-state index in [1.807, 2.05) is 7.05 Å². The van der Waals surface area contributed by atoms with Crippen LogP contribution in [0.15, 0.2) is 0 Å². The second-order valence-corrected chi connectivity index (χ2v) is 3.25. The summed E-state index contributed by atoms with van der Waals surface area (Å²) in [5.74, 6) is -0.428. The fraction of sp³-hybridized carbons (Fsp3) is 0.900. The Labute approximate surface area is 85.0 Å². The van der Waals surface area contributed by atoms with E-state index in [-0.39, 0.29) is 0 Å². The second-order valence-electron chi connectivity index (χ2n) is 3.25. The van der Waals surface area contributed by atoms with Crippen molar-refractivity contribution in [1.82, 2.24) is 5.32 Å². The molecule has 0 aromatic carbocycles. The van der Waals surface area contributed by atoms with Crippen LogP contribution in [0.2, 0.25) is 0 Å². The Balaban J connectivity index is 3.01. The van der Waals surface area contributed by atoms with Crippen LogP contribution in [0.5, 0.6) is 0 Å². The lowest BCUT2D eigenvalue weighted by molar-refractivity contribution is -0.147. The van der Waals surface area contributed by atoms with Gasteiger partial charge in [0.05, 0.1) is 0 Å². The maximum Gasteiger partial charge on any atom is 0.308 e. The van der Waals surface area contributed by atoms with Crippen LogP contribution in [-0.4, -0.2) is 26.4 Å². The maximum absolute atomic E-state index is 11.5. The van der Waals surface area contributed by atoms with Crippen LogP contribution in [0, 0.1) is 0 Å². The summed E-state index contributed by atoms with van der Waals surface area (Å²) in [5.41, 5.74) is 0. The highest BCUT2D eigenvalue weighted by Crippen LogP contribution is 2.05. The van der Waals surface area contributed by atoms with Crippen LogP contribution in [-0.2, 0) is 9.53 Å². The Hall–Kier alpha value is -0.640. The van der Waals surface area contributed by atoms with Gasteiger partial charge < -0.3 is 10.1 Å². The molecule has 0 aromatic heterocycles. The molecule has 4 heteroatoms. The third-order valence-electron chi connectivity index (χ3n) is 2.02. The van der Waals surface area contributed by atoms with Crippen molar-refractivity contribution in [2.45, 2.75) is 38.5 Å². The summed E-state index contributed by atoms with van der Waals surface area (Å²) in [6.45, 7) is 0.0465. The van der Waals surface area contributed by atoms with E-state index in [2.05, 4.69) is 10.1 Å². The molecular formula is C10H20FNO2. The fourth-order valence-electron chi connectivity index (χ4n) is 1.23. The lowest BCUT2D eigenvalue weighted by Crippen LogP contribution is -2.07. The number of halogens is 1. The summed E-state index contributed by atoms with van der Waals surface area (Å²) < 4.78 is 15.7. The minimum Gasteiger partial charge on any atom is -0.434 e. The van der Waals surface area contributed by atoms with Crippen molar-refractivity contribution in [3.63, 3.8) is 0 Å². The van der Waals surface area contributed by atoms with Gasteiger partial charge in [-0.3, -0.25) is 4.79 Å². The van der Waals surface area contributed by atoms with Crippen LogP contribution in [0.3, 0.4) is 0 Å².